The minimum Gasteiger partial charge on any atom is -0.338 e. The smallest absolute Gasteiger partial charge is 0.108 e. The van der Waals surface area contributed by atoms with E-state index in [9.17, 15) is 0 Å². The van der Waals surface area contributed by atoms with Gasteiger partial charge >= 0.3 is 0 Å². The summed E-state index contributed by atoms with van der Waals surface area (Å²) in [4.78, 5) is 4.34. The fourth-order valence-electron chi connectivity index (χ4n) is 2.11. The zero-order valence-electron chi connectivity index (χ0n) is 8.87. The van der Waals surface area contributed by atoms with E-state index in [0.717, 1.165) is 12.5 Å². The van der Waals surface area contributed by atoms with Crippen molar-refractivity contribution in [2.75, 3.05) is 6.54 Å². The van der Waals surface area contributed by atoms with E-state index in [1.54, 1.807) is 0 Å². The van der Waals surface area contributed by atoms with Gasteiger partial charge in [0.05, 0.1) is 0 Å². The number of imidazole rings is 1. The van der Waals surface area contributed by atoms with Crippen molar-refractivity contribution in [3.63, 3.8) is 0 Å². The molecule has 2 rings (SSSR count). The van der Waals surface area contributed by atoms with E-state index >= 15 is 0 Å². The molecule has 1 aromatic rings. The fourth-order valence-corrected chi connectivity index (χ4v) is 2.11. The molecule has 0 aromatic carbocycles. The number of aryl methyl sites for hydroxylation is 2. The first kappa shape index (κ1) is 9.71. The molecule has 0 unspecified atom stereocenters. The first-order valence-electron chi connectivity index (χ1n) is 5.56. The van der Waals surface area contributed by atoms with Crippen LogP contribution in [0, 0.1) is 0 Å². The Bertz CT molecular complexity index is 274. The van der Waals surface area contributed by atoms with E-state index in [4.69, 9.17) is 0 Å². The predicted molar refractivity (Wildman–Crippen MR) is 57.2 cm³/mol. The Balaban J connectivity index is 1.79. The van der Waals surface area contributed by atoms with Crippen LogP contribution in [0.5, 0.6) is 0 Å². The third kappa shape index (κ3) is 2.35. The fraction of sp³-hybridized carbons (Fsp3) is 0.727. The van der Waals surface area contributed by atoms with E-state index in [0.29, 0.717) is 0 Å². The molecule has 1 saturated heterocycles. The molecule has 3 heteroatoms. The molecule has 2 heterocycles. The Morgan fingerprint density at radius 2 is 2.50 bits per heavy atom. The lowest BCUT2D eigenvalue weighted by molar-refractivity contribution is 0.380. The molecule has 1 N–H and O–H groups in total. The van der Waals surface area contributed by atoms with Crippen LogP contribution in [0.25, 0.3) is 0 Å². The largest absolute Gasteiger partial charge is 0.338 e. The van der Waals surface area contributed by atoms with Crippen LogP contribution in [-0.4, -0.2) is 22.1 Å². The van der Waals surface area contributed by atoms with Gasteiger partial charge in [0.1, 0.15) is 5.82 Å². The molecule has 0 amide bonds. The maximum atomic E-state index is 4.34. The highest BCUT2D eigenvalue weighted by Gasteiger charge is 2.12. The third-order valence-corrected chi connectivity index (χ3v) is 3.05. The number of nitrogens with zero attached hydrogens (tertiary/aromatic N) is 2. The SMILES string of the molecule is Cn1ccnc1CC[C@@H]1CCCCN1. The first-order valence-corrected chi connectivity index (χ1v) is 5.56. The number of rotatable bonds is 3. The summed E-state index contributed by atoms with van der Waals surface area (Å²) in [6.07, 6.45) is 10.3. The van der Waals surface area contributed by atoms with E-state index in [1.807, 2.05) is 12.4 Å². The van der Waals surface area contributed by atoms with Gasteiger partial charge in [-0.25, -0.2) is 4.98 Å². The van der Waals surface area contributed by atoms with Gasteiger partial charge in [-0.3, -0.25) is 0 Å². The van der Waals surface area contributed by atoms with Gasteiger partial charge in [0, 0.05) is 31.9 Å². The lowest BCUT2D eigenvalue weighted by Gasteiger charge is -2.23. The minimum absolute atomic E-state index is 0.723. The lowest BCUT2D eigenvalue weighted by Crippen LogP contribution is -2.34. The average molecular weight is 193 g/mol. The summed E-state index contributed by atoms with van der Waals surface area (Å²) < 4.78 is 2.11. The highest BCUT2D eigenvalue weighted by atomic mass is 15.0. The summed E-state index contributed by atoms with van der Waals surface area (Å²) in [5.74, 6) is 1.21. The number of aromatic nitrogens is 2. The van der Waals surface area contributed by atoms with Crippen LogP contribution < -0.4 is 5.32 Å². The number of hydrogen-bond acceptors (Lipinski definition) is 2. The van der Waals surface area contributed by atoms with Crippen LogP contribution in [0.15, 0.2) is 12.4 Å². The van der Waals surface area contributed by atoms with Crippen molar-refractivity contribution in [2.24, 2.45) is 7.05 Å². The topological polar surface area (TPSA) is 29.9 Å². The Morgan fingerprint density at radius 1 is 1.57 bits per heavy atom. The molecule has 0 spiro atoms. The van der Waals surface area contributed by atoms with Gasteiger partial charge in [-0.05, 0) is 25.8 Å². The molecule has 0 radical (unpaired) electrons. The molecule has 0 aliphatic carbocycles. The minimum atomic E-state index is 0.723. The van der Waals surface area contributed by atoms with E-state index < -0.39 is 0 Å². The summed E-state index contributed by atoms with van der Waals surface area (Å²) in [5, 5.41) is 3.56. The van der Waals surface area contributed by atoms with E-state index in [1.165, 1.54) is 38.1 Å². The summed E-state index contributed by atoms with van der Waals surface area (Å²) in [7, 11) is 2.07. The van der Waals surface area contributed by atoms with Crippen molar-refractivity contribution in [3.05, 3.63) is 18.2 Å². The Morgan fingerprint density at radius 3 is 3.14 bits per heavy atom. The number of nitrogens with one attached hydrogen (secondary N) is 1. The normalized spacial score (nSPS) is 22.5. The molecule has 3 nitrogen and oxygen atoms in total. The zero-order chi connectivity index (χ0) is 9.80. The molecular formula is C11H19N3. The summed E-state index contributed by atoms with van der Waals surface area (Å²) >= 11 is 0. The predicted octanol–water partition coefficient (Wildman–Crippen LogP) is 1.49. The van der Waals surface area contributed by atoms with Crippen molar-refractivity contribution in [3.8, 4) is 0 Å². The van der Waals surface area contributed by atoms with Gasteiger partial charge < -0.3 is 9.88 Å². The molecule has 1 aromatic heterocycles. The Labute approximate surface area is 85.5 Å². The van der Waals surface area contributed by atoms with E-state index in [2.05, 4.69) is 21.9 Å². The maximum Gasteiger partial charge on any atom is 0.108 e. The van der Waals surface area contributed by atoms with Crippen molar-refractivity contribution < 1.29 is 0 Å². The Kier molecular flexibility index (Phi) is 3.19. The monoisotopic (exact) mass is 193 g/mol. The van der Waals surface area contributed by atoms with Crippen LogP contribution in [0.2, 0.25) is 0 Å². The van der Waals surface area contributed by atoms with Gasteiger partial charge in [-0.1, -0.05) is 6.42 Å². The first-order chi connectivity index (χ1) is 6.86. The second-order valence-corrected chi connectivity index (χ2v) is 4.14. The second kappa shape index (κ2) is 4.60. The van der Waals surface area contributed by atoms with Crippen molar-refractivity contribution in [2.45, 2.75) is 38.1 Å². The molecule has 0 bridgehead atoms. The molecule has 1 atom stereocenters. The van der Waals surface area contributed by atoms with Gasteiger partial charge in [-0.15, -0.1) is 0 Å². The van der Waals surface area contributed by atoms with Crippen LogP contribution in [0.4, 0.5) is 0 Å². The van der Waals surface area contributed by atoms with Crippen LogP contribution in [-0.2, 0) is 13.5 Å². The lowest BCUT2D eigenvalue weighted by atomic mass is 10.0. The van der Waals surface area contributed by atoms with Crippen molar-refractivity contribution in [1.29, 1.82) is 0 Å². The molecule has 0 saturated carbocycles. The van der Waals surface area contributed by atoms with Crippen LogP contribution in [0.3, 0.4) is 0 Å². The molecule has 1 aliphatic heterocycles. The van der Waals surface area contributed by atoms with E-state index in [-0.39, 0.29) is 0 Å². The third-order valence-electron chi connectivity index (χ3n) is 3.05. The van der Waals surface area contributed by atoms with Crippen molar-refractivity contribution >= 4 is 0 Å². The van der Waals surface area contributed by atoms with Gasteiger partial charge in [0.25, 0.3) is 0 Å². The molecule has 78 valence electrons. The van der Waals surface area contributed by atoms with Gasteiger partial charge in [0.15, 0.2) is 0 Å². The molecule has 14 heavy (non-hydrogen) atoms. The highest BCUT2D eigenvalue weighted by Crippen LogP contribution is 2.12. The summed E-state index contributed by atoms with van der Waals surface area (Å²) in [5.41, 5.74) is 0. The average Bonchev–Trinajstić information content (AvgIpc) is 2.63. The number of piperidine rings is 1. The van der Waals surface area contributed by atoms with Crippen LogP contribution >= 0.6 is 0 Å². The quantitative estimate of drug-likeness (QED) is 0.788. The van der Waals surface area contributed by atoms with Crippen molar-refractivity contribution in [1.82, 2.24) is 14.9 Å². The summed E-state index contributed by atoms with van der Waals surface area (Å²) in [6.45, 7) is 1.20. The van der Waals surface area contributed by atoms with Gasteiger partial charge in [-0.2, -0.15) is 0 Å². The standard InChI is InChI=1S/C11H19N3/c1-14-9-8-13-11(14)6-5-10-4-2-3-7-12-10/h8-10,12H,2-7H2,1H3/t10-/m0/s1. The molecule has 1 fully saturated rings. The van der Waals surface area contributed by atoms with Gasteiger partial charge in [0.2, 0.25) is 0 Å². The summed E-state index contributed by atoms with van der Waals surface area (Å²) in [6, 6.07) is 0.723. The highest BCUT2D eigenvalue weighted by molar-refractivity contribution is 4.92. The van der Waals surface area contributed by atoms with Crippen LogP contribution in [0.1, 0.15) is 31.5 Å². The molecule has 1 aliphatic rings. The number of hydrogen-bond donors (Lipinski definition) is 1. The molecular weight excluding hydrogens is 174 g/mol. The Hall–Kier alpha value is -0.830. The zero-order valence-corrected chi connectivity index (χ0v) is 8.87. The maximum absolute atomic E-state index is 4.34. The second-order valence-electron chi connectivity index (χ2n) is 4.14.